The van der Waals surface area contributed by atoms with Gasteiger partial charge in [-0.15, -0.1) is 0 Å². The van der Waals surface area contributed by atoms with Crippen LogP contribution in [0.15, 0.2) is 24.3 Å². The Hall–Kier alpha value is -1.35. The zero-order valence-electron chi connectivity index (χ0n) is 10.2. The van der Waals surface area contributed by atoms with Crippen LogP contribution in [0.2, 0.25) is 0 Å². The molecule has 0 atom stereocenters. The quantitative estimate of drug-likeness (QED) is 0.752. The molecule has 0 radical (unpaired) electrons. The Morgan fingerprint density at radius 1 is 1.12 bits per heavy atom. The normalized spacial score (nSPS) is 9.56. The van der Waals surface area contributed by atoms with E-state index in [2.05, 4.69) is 6.92 Å². The number of benzene rings is 1. The third-order valence-corrected chi connectivity index (χ3v) is 2.51. The second kappa shape index (κ2) is 7.88. The fraction of sp³-hybridized carbons (Fsp3) is 0.462. The molecule has 0 bridgehead atoms. The number of quaternary nitrogens is 1. The maximum Gasteiger partial charge on any atom is 0.0715 e. The monoisotopic (exact) mass is 223 g/mol. The molecular formula is C13H21NO2. The summed E-state index contributed by atoms with van der Waals surface area (Å²) in [6.45, 7) is 2.19. The number of hydrogen-bond donors (Lipinski definition) is 1. The minimum absolute atomic E-state index is 0. The molecule has 0 saturated carbocycles. The zero-order valence-corrected chi connectivity index (χ0v) is 10.2. The summed E-state index contributed by atoms with van der Waals surface area (Å²) in [6.07, 6.45) is 5.98. The summed E-state index contributed by atoms with van der Waals surface area (Å²) in [5.74, 6) is -1.10. The van der Waals surface area contributed by atoms with Gasteiger partial charge in [0, 0.05) is 0 Å². The lowest BCUT2D eigenvalue weighted by molar-refractivity contribution is -0.255. The van der Waals surface area contributed by atoms with Gasteiger partial charge in [-0.3, -0.25) is 0 Å². The predicted molar refractivity (Wildman–Crippen MR) is 64.6 cm³/mol. The lowest BCUT2D eigenvalue weighted by Crippen LogP contribution is -2.21. The van der Waals surface area contributed by atoms with E-state index in [1.54, 1.807) is 12.1 Å². The number of unbranched alkanes of at least 4 members (excludes halogenated alkanes) is 3. The maximum absolute atomic E-state index is 10.5. The number of hydrogen-bond acceptors (Lipinski definition) is 2. The first-order valence-corrected chi connectivity index (χ1v) is 5.54. The molecule has 3 nitrogen and oxygen atoms in total. The van der Waals surface area contributed by atoms with Crippen LogP contribution in [0.4, 0.5) is 0 Å². The molecule has 0 aliphatic heterocycles. The van der Waals surface area contributed by atoms with Gasteiger partial charge in [-0.2, -0.15) is 0 Å². The van der Waals surface area contributed by atoms with Crippen molar-refractivity contribution in [2.45, 2.75) is 39.0 Å². The molecule has 4 N–H and O–H groups in total. The van der Waals surface area contributed by atoms with Gasteiger partial charge in [-0.05, 0) is 24.0 Å². The molecule has 0 amide bonds. The van der Waals surface area contributed by atoms with E-state index in [0.29, 0.717) is 0 Å². The molecule has 3 heteroatoms. The van der Waals surface area contributed by atoms with Gasteiger partial charge in [0.1, 0.15) is 0 Å². The number of carbonyl (C=O) groups is 1. The largest absolute Gasteiger partial charge is 0.545 e. The van der Waals surface area contributed by atoms with Gasteiger partial charge in [-0.1, -0.05) is 50.5 Å². The van der Waals surface area contributed by atoms with Gasteiger partial charge >= 0.3 is 0 Å². The van der Waals surface area contributed by atoms with Crippen molar-refractivity contribution in [2.24, 2.45) is 0 Å². The first-order chi connectivity index (χ1) is 7.24. The summed E-state index contributed by atoms with van der Waals surface area (Å²) in [7, 11) is 0. The number of carbonyl (C=O) groups excluding carboxylic acids is 1. The van der Waals surface area contributed by atoms with Crippen molar-refractivity contribution in [1.82, 2.24) is 6.15 Å². The van der Waals surface area contributed by atoms with Gasteiger partial charge in [0.05, 0.1) is 5.97 Å². The van der Waals surface area contributed by atoms with E-state index in [9.17, 15) is 9.90 Å². The van der Waals surface area contributed by atoms with Crippen molar-refractivity contribution < 1.29 is 9.90 Å². The molecule has 0 fully saturated rings. The molecule has 0 aliphatic carbocycles. The van der Waals surface area contributed by atoms with Gasteiger partial charge in [0.2, 0.25) is 0 Å². The Kier molecular flexibility index (Phi) is 7.21. The SMILES string of the molecule is CCCCCCc1ccc(C(=O)[O-])cc1.[NH4+]. The van der Waals surface area contributed by atoms with Crippen LogP contribution in [0.5, 0.6) is 0 Å². The second-order valence-corrected chi connectivity index (χ2v) is 3.80. The summed E-state index contributed by atoms with van der Waals surface area (Å²) in [4.78, 5) is 10.5. The lowest BCUT2D eigenvalue weighted by atomic mass is 10.0. The molecule has 0 aromatic heterocycles. The van der Waals surface area contributed by atoms with Crippen LogP contribution >= 0.6 is 0 Å². The molecule has 0 saturated heterocycles. The predicted octanol–water partition coefficient (Wildman–Crippen LogP) is 2.55. The Labute approximate surface area is 97.1 Å². The van der Waals surface area contributed by atoms with Gasteiger partial charge < -0.3 is 16.1 Å². The highest BCUT2D eigenvalue weighted by Gasteiger charge is 1.95. The summed E-state index contributed by atoms with van der Waals surface area (Å²) >= 11 is 0. The third-order valence-electron chi connectivity index (χ3n) is 2.51. The molecule has 90 valence electrons. The van der Waals surface area contributed by atoms with Crippen molar-refractivity contribution >= 4 is 5.97 Å². The highest BCUT2D eigenvalue weighted by atomic mass is 16.4. The van der Waals surface area contributed by atoms with E-state index in [1.165, 1.54) is 31.2 Å². The van der Waals surface area contributed by atoms with Crippen LogP contribution in [0.1, 0.15) is 48.5 Å². The number of aromatic carboxylic acids is 1. The Morgan fingerprint density at radius 3 is 2.25 bits per heavy atom. The molecule has 1 aromatic rings. The molecule has 0 heterocycles. The minimum Gasteiger partial charge on any atom is -0.545 e. The number of rotatable bonds is 6. The van der Waals surface area contributed by atoms with Crippen molar-refractivity contribution in [3.8, 4) is 0 Å². The van der Waals surface area contributed by atoms with E-state index < -0.39 is 5.97 Å². The third kappa shape index (κ3) is 4.94. The minimum atomic E-state index is -1.10. The standard InChI is InChI=1S/C13H18O2.H3N/c1-2-3-4-5-6-11-7-9-12(10-8-11)13(14)15;/h7-10H,2-6H2,1H3,(H,14,15);1H3. The fourth-order valence-electron chi connectivity index (χ4n) is 1.56. The number of aryl methyl sites for hydroxylation is 1. The first-order valence-electron chi connectivity index (χ1n) is 5.54. The van der Waals surface area contributed by atoms with Crippen LogP contribution in [0.3, 0.4) is 0 Å². The molecule has 0 spiro atoms. The maximum atomic E-state index is 10.5. The highest BCUT2D eigenvalue weighted by molar-refractivity contribution is 5.85. The van der Waals surface area contributed by atoms with Crippen LogP contribution < -0.4 is 11.3 Å². The number of carboxylic acids is 1. The molecule has 1 aromatic carbocycles. The first kappa shape index (κ1) is 14.6. The van der Waals surface area contributed by atoms with Gasteiger partial charge in [0.15, 0.2) is 0 Å². The average Bonchev–Trinajstić information content (AvgIpc) is 2.25. The molecule has 16 heavy (non-hydrogen) atoms. The van der Waals surface area contributed by atoms with Crippen LogP contribution in [0, 0.1) is 0 Å². The van der Waals surface area contributed by atoms with E-state index in [4.69, 9.17) is 0 Å². The van der Waals surface area contributed by atoms with E-state index in [1.807, 2.05) is 12.1 Å². The van der Waals surface area contributed by atoms with Crippen molar-refractivity contribution in [3.63, 3.8) is 0 Å². The number of carboxylic acid groups (broad SMARTS) is 1. The van der Waals surface area contributed by atoms with Crippen molar-refractivity contribution in [1.29, 1.82) is 0 Å². The van der Waals surface area contributed by atoms with Crippen molar-refractivity contribution in [3.05, 3.63) is 35.4 Å². The van der Waals surface area contributed by atoms with Gasteiger partial charge in [0.25, 0.3) is 0 Å². The van der Waals surface area contributed by atoms with Crippen LogP contribution in [-0.4, -0.2) is 5.97 Å². The fourth-order valence-corrected chi connectivity index (χ4v) is 1.56. The zero-order chi connectivity index (χ0) is 11.1. The molecular weight excluding hydrogens is 202 g/mol. The topological polar surface area (TPSA) is 76.6 Å². The summed E-state index contributed by atoms with van der Waals surface area (Å²) in [6, 6.07) is 6.98. The summed E-state index contributed by atoms with van der Waals surface area (Å²) < 4.78 is 0. The highest BCUT2D eigenvalue weighted by Crippen LogP contribution is 2.09. The van der Waals surface area contributed by atoms with E-state index in [0.717, 1.165) is 6.42 Å². The van der Waals surface area contributed by atoms with E-state index in [-0.39, 0.29) is 11.7 Å². The second-order valence-electron chi connectivity index (χ2n) is 3.80. The molecule has 0 aliphatic rings. The Balaban J connectivity index is 0.00000225. The molecule has 0 unspecified atom stereocenters. The molecule has 1 rings (SSSR count). The lowest BCUT2D eigenvalue weighted by Gasteiger charge is -2.04. The van der Waals surface area contributed by atoms with Crippen molar-refractivity contribution in [2.75, 3.05) is 0 Å². The Morgan fingerprint density at radius 2 is 1.75 bits per heavy atom. The van der Waals surface area contributed by atoms with Crippen LogP contribution in [0.25, 0.3) is 0 Å². The van der Waals surface area contributed by atoms with Gasteiger partial charge in [-0.25, -0.2) is 0 Å². The van der Waals surface area contributed by atoms with Crippen LogP contribution in [-0.2, 0) is 6.42 Å². The summed E-state index contributed by atoms with van der Waals surface area (Å²) in [5, 5.41) is 10.5. The summed E-state index contributed by atoms with van der Waals surface area (Å²) in [5.41, 5.74) is 1.46. The van der Waals surface area contributed by atoms with E-state index >= 15 is 0 Å². The average molecular weight is 223 g/mol. The Bertz CT molecular complexity index is 306. The smallest absolute Gasteiger partial charge is 0.0715 e.